The number of benzene rings is 1. The first-order valence-corrected chi connectivity index (χ1v) is 5.26. The smallest absolute Gasteiger partial charge is 0.161 e. The molecule has 0 saturated heterocycles. The Morgan fingerprint density at radius 2 is 1.75 bits per heavy atom. The molecular weight excluding hydrogens is 200 g/mol. The molecule has 1 rings (SSSR count). The Morgan fingerprint density at radius 1 is 1.25 bits per heavy atom. The quantitative estimate of drug-likeness (QED) is 0.346. The van der Waals surface area contributed by atoms with Gasteiger partial charge in [-0.15, -0.1) is 0 Å². The largest absolute Gasteiger partial charge is 0.297 e. The van der Waals surface area contributed by atoms with Crippen LogP contribution < -0.4 is 5.84 Å². The molecule has 0 radical (unpaired) electrons. The van der Waals surface area contributed by atoms with Crippen molar-refractivity contribution in [1.82, 2.24) is 5.01 Å². The minimum atomic E-state index is 0.207. The standard InChI is InChI=1S/C10H14N4.C2H6/c1-13-9(10(11)14(2)12)8-6-4-3-5-7-8;1-2/h3-7,11H,12H2,1-2H3;1-2H3. The highest BCUT2D eigenvalue weighted by atomic mass is 15.4. The van der Waals surface area contributed by atoms with Crippen LogP contribution in [-0.2, 0) is 0 Å². The molecule has 0 aliphatic heterocycles. The van der Waals surface area contributed by atoms with Crippen LogP contribution in [0, 0.1) is 5.41 Å². The van der Waals surface area contributed by atoms with Crippen LogP contribution in [0.15, 0.2) is 35.3 Å². The summed E-state index contributed by atoms with van der Waals surface area (Å²) in [6.07, 6.45) is 0. The second kappa shape index (κ2) is 7.59. The third-order valence-corrected chi connectivity index (χ3v) is 1.85. The van der Waals surface area contributed by atoms with Gasteiger partial charge in [0, 0.05) is 19.7 Å². The number of hydrazine groups is 1. The van der Waals surface area contributed by atoms with Gasteiger partial charge in [-0.3, -0.25) is 15.4 Å². The molecular formula is C12H20N4. The summed E-state index contributed by atoms with van der Waals surface area (Å²) in [6, 6.07) is 9.54. The second-order valence-corrected chi connectivity index (χ2v) is 2.90. The van der Waals surface area contributed by atoms with Crippen LogP contribution in [0.3, 0.4) is 0 Å². The number of likely N-dealkylation sites (N-methyl/N-ethyl adjacent to an activating group) is 1. The van der Waals surface area contributed by atoms with E-state index in [0.717, 1.165) is 5.56 Å². The van der Waals surface area contributed by atoms with Gasteiger partial charge in [-0.2, -0.15) is 0 Å². The third kappa shape index (κ3) is 3.82. The molecule has 0 aromatic heterocycles. The van der Waals surface area contributed by atoms with Crippen molar-refractivity contribution in [3.8, 4) is 0 Å². The highest BCUT2D eigenvalue weighted by molar-refractivity contribution is 6.46. The normalized spacial score (nSPS) is 10.2. The number of hydrogen-bond acceptors (Lipinski definition) is 3. The first kappa shape index (κ1) is 14.3. The number of aliphatic imine (C=N–C) groups is 1. The minimum absolute atomic E-state index is 0.207. The lowest BCUT2D eigenvalue weighted by atomic mass is 10.1. The fourth-order valence-electron chi connectivity index (χ4n) is 1.13. The Balaban J connectivity index is 0.00000106. The molecule has 0 amide bonds. The topological polar surface area (TPSA) is 65.5 Å². The van der Waals surface area contributed by atoms with E-state index in [9.17, 15) is 0 Å². The summed E-state index contributed by atoms with van der Waals surface area (Å²) in [5.74, 6) is 5.68. The molecule has 0 atom stereocenters. The number of nitrogens with one attached hydrogen (secondary N) is 1. The molecule has 0 aliphatic carbocycles. The lowest BCUT2D eigenvalue weighted by molar-refractivity contribution is 0.542. The Kier molecular flexibility index (Phi) is 6.79. The molecule has 4 nitrogen and oxygen atoms in total. The van der Waals surface area contributed by atoms with Gasteiger partial charge in [0.15, 0.2) is 5.84 Å². The third-order valence-electron chi connectivity index (χ3n) is 1.85. The van der Waals surface area contributed by atoms with Gasteiger partial charge in [0.25, 0.3) is 0 Å². The molecule has 3 N–H and O–H groups in total. The van der Waals surface area contributed by atoms with Crippen LogP contribution in [0.2, 0.25) is 0 Å². The van der Waals surface area contributed by atoms with Crippen molar-refractivity contribution in [2.45, 2.75) is 13.8 Å². The van der Waals surface area contributed by atoms with E-state index in [-0.39, 0.29) is 5.84 Å². The van der Waals surface area contributed by atoms with Crippen LogP contribution >= 0.6 is 0 Å². The van der Waals surface area contributed by atoms with Crippen molar-refractivity contribution in [3.63, 3.8) is 0 Å². The van der Waals surface area contributed by atoms with Crippen LogP contribution in [0.4, 0.5) is 0 Å². The maximum absolute atomic E-state index is 7.71. The fourth-order valence-corrected chi connectivity index (χ4v) is 1.13. The molecule has 1 aromatic carbocycles. The van der Waals surface area contributed by atoms with Gasteiger partial charge in [-0.1, -0.05) is 44.2 Å². The van der Waals surface area contributed by atoms with Crippen LogP contribution in [0.1, 0.15) is 19.4 Å². The summed E-state index contributed by atoms with van der Waals surface area (Å²) in [5, 5.41) is 8.95. The van der Waals surface area contributed by atoms with Crippen molar-refractivity contribution >= 4 is 11.5 Å². The molecule has 0 saturated carbocycles. The average Bonchev–Trinajstić information content (AvgIpc) is 2.33. The average molecular weight is 220 g/mol. The van der Waals surface area contributed by atoms with Gasteiger partial charge in [0.05, 0.1) is 0 Å². The zero-order valence-electron chi connectivity index (χ0n) is 10.4. The zero-order chi connectivity index (χ0) is 12.6. The van der Waals surface area contributed by atoms with Gasteiger partial charge in [0.2, 0.25) is 0 Å². The number of hydrogen-bond donors (Lipinski definition) is 2. The Bertz CT molecular complexity index is 341. The highest BCUT2D eigenvalue weighted by Crippen LogP contribution is 2.02. The van der Waals surface area contributed by atoms with Gasteiger partial charge < -0.3 is 0 Å². The van der Waals surface area contributed by atoms with Gasteiger partial charge >= 0.3 is 0 Å². The Labute approximate surface area is 97.3 Å². The lowest BCUT2D eigenvalue weighted by Crippen LogP contribution is -2.38. The predicted molar refractivity (Wildman–Crippen MR) is 69.9 cm³/mol. The lowest BCUT2D eigenvalue weighted by Gasteiger charge is -2.14. The Morgan fingerprint density at radius 3 is 2.12 bits per heavy atom. The molecule has 0 aliphatic rings. The van der Waals surface area contributed by atoms with Gasteiger partial charge in [0.1, 0.15) is 5.71 Å². The monoisotopic (exact) mass is 220 g/mol. The number of rotatable bonds is 2. The van der Waals surface area contributed by atoms with E-state index in [2.05, 4.69) is 4.99 Å². The SMILES string of the molecule is CC.CN=C(C(=N)N(C)N)c1ccccc1. The van der Waals surface area contributed by atoms with E-state index in [0.29, 0.717) is 5.71 Å². The number of nitrogens with zero attached hydrogens (tertiary/aromatic N) is 2. The summed E-state index contributed by atoms with van der Waals surface area (Å²) in [6.45, 7) is 4.00. The van der Waals surface area contributed by atoms with Crippen LogP contribution in [-0.4, -0.2) is 30.7 Å². The zero-order valence-corrected chi connectivity index (χ0v) is 10.4. The van der Waals surface area contributed by atoms with Crippen molar-refractivity contribution in [3.05, 3.63) is 35.9 Å². The van der Waals surface area contributed by atoms with Gasteiger partial charge in [-0.25, -0.2) is 5.84 Å². The minimum Gasteiger partial charge on any atom is -0.297 e. The number of nitrogens with two attached hydrogens (primary N) is 1. The summed E-state index contributed by atoms with van der Waals surface area (Å²) in [7, 11) is 3.27. The van der Waals surface area contributed by atoms with Crippen molar-refractivity contribution in [2.24, 2.45) is 10.8 Å². The number of amidine groups is 1. The molecule has 0 unspecified atom stereocenters. The van der Waals surface area contributed by atoms with Crippen LogP contribution in [0.25, 0.3) is 0 Å². The Hall–Kier alpha value is -1.68. The highest BCUT2D eigenvalue weighted by Gasteiger charge is 2.10. The summed E-state index contributed by atoms with van der Waals surface area (Å²) < 4.78 is 0. The summed E-state index contributed by atoms with van der Waals surface area (Å²) in [4.78, 5) is 4.05. The van der Waals surface area contributed by atoms with Crippen molar-refractivity contribution in [2.75, 3.05) is 14.1 Å². The molecule has 88 valence electrons. The molecule has 16 heavy (non-hydrogen) atoms. The molecule has 4 heteroatoms. The molecule has 1 aromatic rings. The van der Waals surface area contributed by atoms with Crippen molar-refractivity contribution < 1.29 is 0 Å². The second-order valence-electron chi connectivity index (χ2n) is 2.90. The maximum atomic E-state index is 7.71. The first-order valence-electron chi connectivity index (χ1n) is 5.26. The van der Waals surface area contributed by atoms with E-state index in [4.69, 9.17) is 11.3 Å². The van der Waals surface area contributed by atoms with E-state index in [1.165, 1.54) is 5.01 Å². The molecule has 0 bridgehead atoms. The van der Waals surface area contributed by atoms with E-state index < -0.39 is 0 Å². The molecule has 0 fully saturated rings. The predicted octanol–water partition coefficient (Wildman–Crippen LogP) is 1.91. The summed E-state index contributed by atoms with van der Waals surface area (Å²) in [5.41, 5.74) is 1.49. The molecule has 0 heterocycles. The van der Waals surface area contributed by atoms with E-state index in [1.807, 2.05) is 44.2 Å². The fraction of sp³-hybridized carbons (Fsp3) is 0.333. The first-order chi connectivity index (χ1) is 7.66. The van der Waals surface area contributed by atoms with E-state index >= 15 is 0 Å². The molecule has 0 spiro atoms. The maximum Gasteiger partial charge on any atom is 0.161 e. The van der Waals surface area contributed by atoms with Crippen LogP contribution in [0.5, 0.6) is 0 Å². The van der Waals surface area contributed by atoms with Crippen molar-refractivity contribution in [1.29, 1.82) is 5.41 Å². The van der Waals surface area contributed by atoms with Gasteiger partial charge in [-0.05, 0) is 0 Å². The summed E-state index contributed by atoms with van der Waals surface area (Å²) >= 11 is 0. The van der Waals surface area contributed by atoms with E-state index in [1.54, 1.807) is 14.1 Å².